The van der Waals surface area contributed by atoms with Crippen LogP contribution in [0.1, 0.15) is 25.5 Å². The number of nitrogens with zero attached hydrogens (tertiary/aromatic N) is 1. The first-order valence-electron chi connectivity index (χ1n) is 3.53. The first kappa shape index (κ1) is 7.12. The Bertz CT molecular complexity index is 195. The molecule has 0 saturated heterocycles. The molecule has 1 rings (SSSR count). The Labute approximate surface area is 60.2 Å². The maximum atomic E-state index is 5.27. The maximum Gasteiger partial charge on any atom is 0.292 e. The third-order valence-electron chi connectivity index (χ3n) is 1.35. The van der Waals surface area contributed by atoms with Crippen LogP contribution in [-0.4, -0.2) is 4.98 Å². The molecule has 0 amide bonds. The quantitative estimate of drug-likeness (QED) is 0.693. The lowest BCUT2D eigenvalue weighted by molar-refractivity contribution is 0.513. The van der Waals surface area contributed by atoms with Gasteiger partial charge < -0.3 is 10.2 Å². The Morgan fingerprint density at radius 1 is 1.70 bits per heavy atom. The molecule has 0 radical (unpaired) electrons. The topological polar surface area (TPSA) is 52.0 Å². The molecule has 0 saturated carbocycles. The van der Waals surface area contributed by atoms with Gasteiger partial charge in [0.25, 0.3) is 6.01 Å². The highest BCUT2D eigenvalue weighted by molar-refractivity contribution is 5.10. The molecule has 1 heterocycles. The highest BCUT2D eigenvalue weighted by atomic mass is 16.4. The van der Waals surface area contributed by atoms with Crippen molar-refractivity contribution in [3.63, 3.8) is 0 Å². The molecule has 0 aliphatic rings. The van der Waals surface area contributed by atoms with Crippen molar-refractivity contribution in [2.75, 3.05) is 5.73 Å². The maximum absolute atomic E-state index is 5.27. The SMILES string of the molecule is CCCCc1cnc(N)o1. The molecule has 0 aromatic carbocycles. The van der Waals surface area contributed by atoms with Crippen LogP contribution in [0.15, 0.2) is 10.6 Å². The van der Waals surface area contributed by atoms with E-state index in [2.05, 4.69) is 11.9 Å². The zero-order chi connectivity index (χ0) is 7.40. The number of unbranched alkanes of at least 4 members (excludes halogenated alkanes) is 1. The molecule has 3 heteroatoms. The van der Waals surface area contributed by atoms with Crippen molar-refractivity contribution < 1.29 is 4.42 Å². The first-order chi connectivity index (χ1) is 4.83. The van der Waals surface area contributed by atoms with E-state index in [4.69, 9.17) is 10.2 Å². The Morgan fingerprint density at radius 2 is 2.50 bits per heavy atom. The van der Waals surface area contributed by atoms with Crippen molar-refractivity contribution in [1.29, 1.82) is 0 Å². The number of nitrogen functional groups attached to an aromatic ring is 1. The van der Waals surface area contributed by atoms with E-state index in [1.54, 1.807) is 6.20 Å². The van der Waals surface area contributed by atoms with Crippen molar-refractivity contribution in [1.82, 2.24) is 4.98 Å². The first-order valence-corrected chi connectivity index (χ1v) is 3.53. The van der Waals surface area contributed by atoms with E-state index in [-0.39, 0.29) is 6.01 Å². The Kier molecular flexibility index (Phi) is 2.31. The van der Waals surface area contributed by atoms with Crippen LogP contribution in [0.2, 0.25) is 0 Å². The predicted octanol–water partition coefficient (Wildman–Crippen LogP) is 1.60. The van der Waals surface area contributed by atoms with Crippen LogP contribution < -0.4 is 5.73 Å². The molecule has 0 unspecified atom stereocenters. The zero-order valence-corrected chi connectivity index (χ0v) is 6.13. The van der Waals surface area contributed by atoms with Gasteiger partial charge in [0.2, 0.25) is 0 Å². The summed E-state index contributed by atoms with van der Waals surface area (Å²) in [5.74, 6) is 0.888. The van der Waals surface area contributed by atoms with Gasteiger partial charge in [-0.05, 0) is 6.42 Å². The minimum atomic E-state index is 0.270. The van der Waals surface area contributed by atoms with E-state index in [0.717, 1.165) is 18.6 Å². The lowest BCUT2D eigenvalue weighted by atomic mass is 10.2. The molecule has 56 valence electrons. The second kappa shape index (κ2) is 3.25. The van der Waals surface area contributed by atoms with Crippen molar-refractivity contribution in [2.24, 2.45) is 0 Å². The normalized spacial score (nSPS) is 10.1. The van der Waals surface area contributed by atoms with Crippen LogP contribution >= 0.6 is 0 Å². The standard InChI is InChI=1S/C7H12N2O/c1-2-3-4-6-5-9-7(8)10-6/h5H,2-4H2,1H3,(H2,8,9). The van der Waals surface area contributed by atoms with Gasteiger partial charge in [-0.1, -0.05) is 13.3 Å². The average molecular weight is 140 g/mol. The lowest BCUT2D eigenvalue weighted by Gasteiger charge is -1.89. The molecule has 3 nitrogen and oxygen atoms in total. The van der Waals surface area contributed by atoms with Crippen molar-refractivity contribution >= 4 is 6.01 Å². The third-order valence-corrected chi connectivity index (χ3v) is 1.35. The molecule has 0 aliphatic carbocycles. The van der Waals surface area contributed by atoms with Gasteiger partial charge in [-0.3, -0.25) is 0 Å². The van der Waals surface area contributed by atoms with E-state index in [1.165, 1.54) is 6.42 Å². The number of nitrogens with two attached hydrogens (primary N) is 1. The summed E-state index contributed by atoms with van der Waals surface area (Å²) >= 11 is 0. The van der Waals surface area contributed by atoms with E-state index >= 15 is 0 Å². The van der Waals surface area contributed by atoms with Gasteiger partial charge in [-0.2, -0.15) is 0 Å². The van der Waals surface area contributed by atoms with Gasteiger partial charge in [0.15, 0.2) is 0 Å². The van der Waals surface area contributed by atoms with Crippen molar-refractivity contribution in [3.05, 3.63) is 12.0 Å². The summed E-state index contributed by atoms with van der Waals surface area (Å²) in [6.07, 6.45) is 4.93. The molecule has 0 bridgehead atoms. The number of aryl methyl sites for hydroxylation is 1. The summed E-state index contributed by atoms with van der Waals surface area (Å²) in [6, 6.07) is 0.270. The molecule has 0 spiro atoms. The number of hydrogen-bond donors (Lipinski definition) is 1. The lowest BCUT2D eigenvalue weighted by Crippen LogP contribution is -1.81. The van der Waals surface area contributed by atoms with E-state index in [9.17, 15) is 0 Å². The van der Waals surface area contributed by atoms with Crippen LogP contribution in [-0.2, 0) is 6.42 Å². The van der Waals surface area contributed by atoms with Gasteiger partial charge >= 0.3 is 0 Å². The van der Waals surface area contributed by atoms with Gasteiger partial charge in [0.05, 0.1) is 6.20 Å². The average Bonchev–Trinajstić information content (AvgIpc) is 2.31. The van der Waals surface area contributed by atoms with Crippen molar-refractivity contribution in [2.45, 2.75) is 26.2 Å². The monoisotopic (exact) mass is 140 g/mol. The summed E-state index contributed by atoms with van der Waals surface area (Å²) in [5, 5.41) is 0. The Balaban J connectivity index is 2.42. The highest BCUT2D eigenvalue weighted by Crippen LogP contribution is 2.07. The van der Waals surface area contributed by atoms with Crippen LogP contribution in [0.5, 0.6) is 0 Å². The van der Waals surface area contributed by atoms with Crippen LogP contribution in [0.4, 0.5) is 6.01 Å². The van der Waals surface area contributed by atoms with Gasteiger partial charge in [0, 0.05) is 6.42 Å². The summed E-state index contributed by atoms with van der Waals surface area (Å²) in [7, 11) is 0. The zero-order valence-electron chi connectivity index (χ0n) is 6.13. The second-order valence-electron chi connectivity index (χ2n) is 2.27. The summed E-state index contributed by atoms with van der Waals surface area (Å²) in [5.41, 5.74) is 5.27. The van der Waals surface area contributed by atoms with Crippen LogP contribution in [0.3, 0.4) is 0 Å². The molecule has 0 atom stereocenters. The molecule has 0 fully saturated rings. The smallest absolute Gasteiger partial charge is 0.292 e. The summed E-state index contributed by atoms with van der Waals surface area (Å²) < 4.78 is 5.05. The number of oxazole rings is 1. The minimum absolute atomic E-state index is 0.270. The Morgan fingerprint density at radius 3 is 3.00 bits per heavy atom. The van der Waals surface area contributed by atoms with Gasteiger partial charge in [-0.15, -0.1) is 0 Å². The molecule has 2 N–H and O–H groups in total. The largest absolute Gasteiger partial charge is 0.429 e. The molecule has 1 aromatic rings. The number of hydrogen-bond acceptors (Lipinski definition) is 3. The fraction of sp³-hybridized carbons (Fsp3) is 0.571. The number of rotatable bonds is 3. The summed E-state index contributed by atoms with van der Waals surface area (Å²) in [6.45, 7) is 2.14. The van der Waals surface area contributed by atoms with Gasteiger partial charge in [-0.25, -0.2) is 4.98 Å². The van der Waals surface area contributed by atoms with Gasteiger partial charge in [0.1, 0.15) is 5.76 Å². The third kappa shape index (κ3) is 1.76. The second-order valence-corrected chi connectivity index (χ2v) is 2.27. The van der Waals surface area contributed by atoms with Crippen LogP contribution in [0.25, 0.3) is 0 Å². The number of anilines is 1. The minimum Gasteiger partial charge on any atom is -0.429 e. The fourth-order valence-corrected chi connectivity index (χ4v) is 0.789. The molecular formula is C7H12N2O. The molecule has 0 aliphatic heterocycles. The molecule has 1 aromatic heterocycles. The van der Waals surface area contributed by atoms with E-state index < -0.39 is 0 Å². The molecular weight excluding hydrogens is 128 g/mol. The fourth-order valence-electron chi connectivity index (χ4n) is 0.789. The highest BCUT2D eigenvalue weighted by Gasteiger charge is 1.97. The molecule has 10 heavy (non-hydrogen) atoms. The number of aromatic nitrogens is 1. The predicted molar refractivity (Wildman–Crippen MR) is 39.5 cm³/mol. The van der Waals surface area contributed by atoms with Crippen molar-refractivity contribution in [3.8, 4) is 0 Å². The van der Waals surface area contributed by atoms with E-state index in [0.29, 0.717) is 0 Å². The Hall–Kier alpha value is -0.990. The summed E-state index contributed by atoms with van der Waals surface area (Å²) in [4.78, 5) is 3.78. The van der Waals surface area contributed by atoms with E-state index in [1.807, 2.05) is 0 Å². The van der Waals surface area contributed by atoms with Crippen LogP contribution in [0, 0.1) is 0 Å².